The van der Waals surface area contributed by atoms with E-state index < -0.39 is 28.0 Å². The molecule has 0 saturated carbocycles. The maximum Gasteiger partial charge on any atom is 0.338 e. The Morgan fingerprint density at radius 1 is 1.12 bits per heavy atom. The van der Waals surface area contributed by atoms with Gasteiger partial charge in [0, 0.05) is 11.6 Å². The molecule has 0 radical (unpaired) electrons. The van der Waals surface area contributed by atoms with Crippen LogP contribution in [0.25, 0.3) is 0 Å². The number of anilines is 1. The highest BCUT2D eigenvalue weighted by molar-refractivity contribution is 7.93. The lowest BCUT2D eigenvalue weighted by molar-refractivity contribution is -0.128. The predicted molar refractivity (Wildman–Crippen MR) is 126 cm³/mol. The Kier molecular flexibility index (Phi) is 8.89. The van der Waals surface area contributed by atoms with Crippen molar-refractivity contribution in [1.82, 2.24) is 5.32 Å². The zero-order valence-electron chi connectivity index (χ0n) is 17.3. The van der Waals surface area contributed by atoms with Crippen LogP contribution in [0.1, 0.15) is 17.3 Å². The largest absolute Gasteiger partial charge is 0.449 e. The van der Waals surface area contributed by atoms with Gasteiger partial charge in [-0.3, -0.25) is 9.10 Å². The molecule has 1 atom stereocenters. The number of esters is 1. The standard InChI is InChI=1S/C22H22Cl2N2O5S/c1-4-12-25-21(27)15(3)31-22(28)16-6-11-19(24)20(14-16)32(29,30)26(13-5-2)18-9-7-17(23)8-10-18/h4-11,14-15H,1-2,12-13H2,3H3,(H,25,27). The molecule has 0 aliphatic heterocycles. The lowest BCUT2D eigenvalue weighted by atomic mass is 10.2. The highest BCUT2D eigenvalue weighted by Gasteiger charge is 2.28. The van der Waals surface area contributed by atoms with Crippen molar-refractivity contribution in [3.63, 3.8) is 0 Å². The van der Waals surface area contributed by atoms with Crippen molar-refractivity contribution in [1.29, 1.82) is 0 Å². The van der Waals surface area contributed by atoms with Crippen LogP contribution in [0.5, 0.6) is 0 Å². The van der Waals surface area contributed by atoms with Crippen molar-refractivity contribution in [3.05, 3.63) is 83.4 Å². The SMILES string of the molecule is C=CCNC(=O)C(C)OC(=O)c1ccc(Cl)c(S(=O)(=O)N(CC=C)c2ccc(Cl)cc2)c1. The third-order valence-corrected chi connectivity index (χ3v) is 6.75. The molecular formula is C22H22Cl2N2O5S. The van der Waals surface area contributed by atoms with E-state index >= 15 is 0 Å². The average Bonchev–Trinajstić information content (AvgIpc) is 2.76. The van der Waals surface area contributed by atoms with Gasteiger partial charge in [-0.2, -0.15) is 0 Å². The number of carbonyl (C=O) groups is 2. The van der Waals surface area contributed by atoms with E-state index in [0.29, 0.717) is 10.7 Å². The van der Waals surface area contributed by atoms with Crippen LogP contribution in [0.2, 0.25) is 10.0 Å². The third kappa shape index (κ3) is 6.12. The van der Waals surface area contributed by atoms with Crippen LogP contribution in [0.4, 0.5) is 5.69 Å². The predicted octanol–water partition coefficient (Wildman–Crippen LogP) is 4.22. The number of hydrogen-bond donors (Lipinski definition) is 1. The Bertz CT molecular complexity index is 1120. The molecule has 170 valence electrons. The van der Waals surface area contributed by atoms with E-state index in [-0.39, 0.29) is 28.6 Å². The van der Waals surface area contributed by atoms with Crippen molar-refractivity contribution in [3.8, 4) is 0 Å². The van der Waals surface area contributed by atoms with E-state index in [2.05, 4.69) is 18.5 Å². The van der Waals surface area contributed by atoms with Crippen LogP contribution in [0, 0.1) is 0 Å². The molecule has 2 aromatic carbocycles. The summed E-state index contributed by atoms with van der Waals surface area (Å²) >= 11 is 12.1. The first kappa shape index (κ1) is 25.5. The summed E-state index contributed by atoms with van der Waals surface area (Å²) in [4.78, 5) is 24.1. The molecule has 0 saturated heterocycles. The monoisotopic (exact) mass is 496 g/mol. The number of rotatable bonds is 10. The number of nitrogens with zero attached hydrogens (tertiary/aromatic N) is 1. The molecule has 2 rings (SSSR count). The first-order valence-electron chi connectivity index (χ1n) is 9.40. The van der Waals surface area contributed by atoms with Gasteiger partial charge in [0.15, 0.2) is 6.10 Å². The number of halogens is 2. The zero-order valence-corrected chi connectivity index (χ0v) is 19.6. The molecule has 0 fully saturated rings. The number of sulfonamides is 1. The van der Waals surface area contributed by atoms with Crippen LogP contribution in [0.3, 0.4) is 0 Å². The second kappa shape index (κ2) is 11.2. The van der Waals surface area contributed by atoms with E-state index in [1.54, 1.807) is 24.3 Å². The first-order chi connectivity index (χ1) is 15.1. The van der Waals surface area contributed by atoms with Crippen molar-refractivity contribution < 1.29 is 22.7 Å². The second-order valence-corrected chi connectivity index (χ2v) is 9.20. The molecule has 1 amide bonds. The van der Waals surface area contributed by atoms with Crippen molar-refractivity contribution in [2.75, 3.05) is 17.4 Å². The first-order valence-corrected chi connectivity index (χ1v) is 11.6. The lowest BCUT2D eigenvalue weighted by Crippen LogP contribution is -2.36. The summed E-state index contributed by atoms with van der Waals surface area (Å²) in [5, 5.41) is 2.87. The minimum absolute atomic E-state index is 0.0462. The molecule has 2 aromatic rings. The molecule has 1 unspecified atom stereocenters. The van der Waals surface area contributed by atoms with Gasteiger partial charge in [0.25, 0.3) is 15.9 Å². The van der Waals surface area contributed by atoms with E-state index in [1.165, 1.54) is 31.2 Å². The molecule has 0 aliphatic rings. The van der Waals surface area contributed by atoms with Gasteiger partial charge in [0.05, 0.1) is 22.8 Å². The van der Waals surface area contributed by atoms with E-state index in [9.17, 15) is 18.0 Å². The summed E-state index contributed by atoms with van der Waals surface area (Å²) < 4.78 is 33.0. The summed E-state index contributed by atoms with van der Waals surface area (Å²) in [7, 11) is -4.18. The second-order valence-electron chi connectivity index (χ2n) is 6.53. The highest BCUT2D eigenvalue weighted by Crippen LogP contribution is 2.30. The number of carbonyl (C=O) groups excluding carboxylic acids is 2. The average molecular weight is 497 g/mol. The van der Waals surface area contributed by atoms with Crippen LogP contribution in [0.15, 0.2) is 72.7 Å². The summed E-state index contributed by atoms with van der Waals surface area (Å²) in [5.74, 6) is -1.39. The summed E-state index contributed by atoms with van der Waals surface area (Å²) in [6, 6.07) is 9.89. The molecule has 7 nitrogen and oxygen atoms in total. The van der Waals surface area contributed by atoms with Gasteiger partial charge in [-0.15, -0.1) is 13.2 Å². The Morgan fingerprint density at radius 2 is 1.78 bits per heavy atom. The summed E-state index contributed by atoms with van der Waals surface area (Å²) in [6.45, 7) is 8.66. The van der Waals surface area contributed by atoms with Gasteiger partial charge in [-0.05, 0) is 49.4 Å². The van der Waals surface area contributed by atoms with Crippen molar-refractivity contribution >= 4 is 50.8 Å². The normalized spacial score (nSPS) is 11.8. The molecule has 1 N–H and O–H groups in total. The molecule has 0 heterocycles. The van der Waals surface area contributed by atoms with E-state index in [1.807, 2.05) is 0 Å². The molecule has 0 bridgehead atoms. The maximum absolute atomic E-state index is 13.4. The number of benzene rings is 2. The number of amides is 1. The van der Waals surface area contributed by atoms with Crippen LogP contribution < -0.4 is 9.62 Å². The van der Waals surface area contributed by atoms with E-state index in [4.69, 9.17) is 27.9 Å². The van der Waals surface area contributed by atoms with Crippen LogP contribution in [-0.4, -0.2) is 39.5 Å². The highest BCUT2D eigenvalue weighted by atomic mass is 35.5. The maximum atomic E-state index is 13.4. The number of nitrogens with one attached hydrogen (secondary N) is 1. The topological polar surface area (TPSA) is 92.8 Å². The minimum Gasteiger partial charge on any atom is -0.449 e. The Hall–Kier alpha value is -2.81. The van der Waals surface area contributed by atoms with Gasteiger partial charge in [0.1, 0.15) is 4.90 Å². The fourth-order valence-electron chi connectivity index (χ4n) is 2.61. The van der Waals surface area contributed by atoms with Crippen LogP contribution in [-0.2, 0) is 19.6 Å². The molecule has 32 heavy (non-hydrogen) atoms. The van der Waals surface area contributed by atoms with Crippen molar-refractivity contribution in [2.24, 2.45) is 0 Å². The Morgan fingerprint density at radius 3 is 2.38 bits per heavy atom. The summed E-state index contributed by atoms with van der Waals surface area (Å²) in [5.41, 5.74) is 0.261. The molecule has 0 aliphatic carbocycles. The number of ether oxygens (including phenoxy) is 1. The zero-order chi connectivity index (χ0) is 23.9. The molecular weight excluding hydrogens is 475 g/mol. The lowest BCUT2D eigenvalue weighted by Gasteiger charge is -2.24. The van der Waals surface area contributed by atoms with Gasteiger partial charge in [-0.25, -0.2) is 13.2 Å². The fraction of sp³-hybridized carbons (Fsp3) is 0.182. The third-order valence-electron chi connectivity index (χ3n) is 4.22. The smallest absolute Gasteiger partial charge is 0.338 e. The van der Waals surface area contributed by atoms with E-state index in [0.717, 1.165) is 10.4 Å². The quantitative estimate of drug-likeness (QED) is 0.392. The van der Waals surface area contributed by atoms with Crippen molar-refractivity contribution in [2.45, 2.75) is 17.9 Å². The fourth-order valence-corrected chi connectivity index (χ4v) is 4.68. The van der Waals surface area contributed by atoms with Crippen LogP contribution >= 0.6 is 23.2 Å². The molecule has 0 spiro atoms. The molecule has 0 aromatic heterocycles. The minimum atomic E-state index is -4.18. The van der Waals surface area contributed by atoms with Gasteiger partial charge < -0.3 is 10.1 Å². The Labute approximate surface area is 197 Å². The summed E-state index contributed by atoms with van der Waals surface area (Å²) in [6.07, 6.45) is 1.81. The number of hydrogen-bond acceptors (Lipinski definition) is 5. The van der Waals surface area contributed by atoms with Gasteiger partial charge >= 0.3 is 5.97 Å². The van der Waals surface area contributed by atoms with Gasteiger partial charge in [-0.1, -0.05) is 35.4 Å². The molecule has 10 heteroatoms. The van der Waals surface area contributed by atoms with Gasteiger partial charge in [0.2, 0.25) is 0 Å². The Balaban J connectivity index is 2.38.